The van der Waals surface area contributed by atoms with Crippen molar-refractivity contribution in [1.29, 1.82) is 0 Å². The van der Waals surface area contributed by atoms with Crippen molar-refractivity contribution in [2.75, 3.05) is 0 Å². The summed E-state index contributed by atoms with van der Waals surface area (Å²) in [6.07, 6.45) is 6.18. The van der Waals surface area contributed by atoms with Crippen LogP contribution in [0.3, 0.4) is 0 Å². The van der Waals surface area contributed by atoms with Gasteiger partial charge in [-0.3, -0.25) is 14.0 Å². The van der Waals surface area contributed by atoms with Gasteiger partial charge in [0.15, 0.2) is 0 Å². The highest BCUT2D eigenvalue weighted by Gasteiger charge is 2.23. The number of nitrogens with zero attached hydrogens (tertiary/aromatic N) is 3. The number of hydrogen-bond acceptors (Lipinski definition) is 4. The summed E-state index contributed by atoms with van der Waals surface area (Å²) in [5.74, 6) is 0.354. The van der Waals surface area contributed by atoms with Gasteiger partial charge in [-0.15, -0.1) is 11.3 Å². The van der Waals surface area contributed by atoms with E-state index < -0.39 is 0 Å². The summed E-state index contributed by atoms with van der Waals surface area (Å²) in [5, 5.41) is 7.28. The van der Waals surface area contributed by atoms with Crippen molar-refractivity contribution in [3.8, 4) is 0 Å². The van der Waals surface area contributed by atoms with Gasteiger partial charge in [0.1, 0.15) is 18.4 Å². The maximum Gasteiger partial charge on any atom is 0.291 e. The molecule has 25 heavy (non-hydrogen) atoms. The van der Waals surface area contributed by atoms with Crippen molar-refractivity contribution in [2.24, 2.45) is 5.92 Å². The zero-order valence-electron chi connectivity index (χ0n) is 14.5. The first-order valence-corrected chi connectivity index (χ1v) is 9.61. The number of carbonyl (C=O) groups excluding carboxylic acids is 1. The molecule has 0 aromatic carbocycles. The number of nitrogens with one attached hydrogen (secondary N) is 1. The van der Waals surface area contributed by atoms with E-state index in [1.54, 1.807) is 22.1 Å². The molecule has 6 nitrogen and oxygen atoms in total. The van der Waals surface area contributed by atoms with Crippen LogP contribution in [0.5, 0.6) is 0 Å². The quantitative estimate of drug-likeness (QED) is 0.783. The molecule has 132 valence electrons. The molecule has 0 saturated heterocycles. The van der Waals surface area contributed by atoms with E-state index in [0.29, 0.717) is 11.4 Å². The molecule has 0 bridgehead atoms. The van der Waals surface area contributed by atoms with Gasteiger partial charge in [-0.05, 0) is 37.8 Å². The third kappa shape index (κ3) is 2.97. The van der Waals surface area contributed by atoms with Gasteiger partial charge in [0.25, 0.3) is 5.56 Å². The lowest BCUT2D eigenvalue weighted by Gasteiger charge is -2.29. The van der Waals surface area contributed by atoms with Crippen LogP contribution >= 0.6 is 11.3 Å². The molecule has 1 fully saturated rings. The fourth-order valence-corrected chi connectivity index (χ4v) is 4.70. The molecule has 3 aromatic rings. The van der Waals surface area contributed by atoms with Crippen molar-refractivity contribution in [3.63, 3.8) is 0 Å². The summed E-state index contributed by atoms with van der Waals surface area (Å²) < 4.78 is 4.13. The van der Waals surface area contributed by atoms with E-state index in [1.165, 1.54) is 16.0 Å². The molecule has 0 unspecified atom stereocenters. The molecule has 1 N–H and O–H groups in total. The van der Waals surface area contributed by atoms with Gasteiger partial charge in [0.05, 0.1) is 10.2 Å². The Hall–Kier alpha value is -2.15. The molecule has 3 heterocycles. The minimum Gasteiger partial charge on any atom is -0.351 e. The van der Waals surface area contributed by atoms with Crippen LogP contribution in [0.4, 0.5) is 0 Å². The van der Waals surface area contributed by atoms with E-state index in [1.807, 2.05) is 13.0 Å². The molecule has 1 amide bonds. The Kier molecular flexibility index (Phi) is 4.11. The Labute approximate surface area is 149 Å². The van der Waals surface area contributed by atoms with Gasteiger partial charge in [-0.2, -0.15) is 5.10 Å². The van der Waals surface area contributed by atoms with Crippen molar-refractivity contribution in [2.45, 2.75) is 52.1 Å². The smallest absolute Gasteiger partial charge is 0.291 e. The third-order valence-electron chi connectivity index (χ3n) is 5.16. The molecule has 0 radical (unpaired) electrons. The average molecular weight is 358 g/mol. The number of amides is 1. The number of aromatic nitrogens is 3. The van der Waals surface area contributed by atoms with Crippen LogP contribution in [0, 0.1) is 12.8 Å². The number of hydrogen-bond donors (Lipinski definition) is 1. The number of rotatable bonds is 3. The fourth-order valence-electron chi connectivity index (χ4n) is 3.75. The number of fused-ring (bicyclic) bond motifs is 3. The highest BCUT2D eigenvalue weighted by molar-refractivity contribution is 7.19. The van der Waals surface area contributed by atoms with Gasteiger partial charge >= 0.3 is 0 Å². The maximum absolute atomic E-state index is 12.7. The first-order chi connectivity index (χ1) is 12.0. The molecule has 4 rings (SSSR count). The molecule has 1 aliphatic rings. The number of thiophene rings is 1. The van der Waals surface area contributed by atoms with Crippen LogP contribution in [0.2, 0.25) is 0 Å². The first-order valence-electron chi connectivity index (χ1n) is 8.79. The van der Waals surface area contributed by atoms with E-state index in [2.05, 4.69) is 23.4 Å². The molecule has 1 saturated carbocycles. The first kappa shape index (κ1) is 16.3. The summed E-state index contributed by atoms with van der Waals surface area (Å²) in [4.78, 5) is 26.2. The van der Waals surface area contributed by atoms with Gasteiger partial charge in [-0.25, -0.2) is 4.68 Å². The SMILES string of the molecule is Cc1cc2c(cc3c(=O)n(CC(=O)N[C@H]4CCCC[C@@H]4C)ncn32)s1. The number of aryl methyl sites for hydroxylation is 1. The third-order valence-corrected chi connectivity index (χ3v) is 6.15. The predicted octanol–water partition coefficient (Wildman–Crippen LogP) is 2.71. The standard InChI is InChI=1S/C18H22N4O2S/c1-11-5-3-4-6-13(11)20-17(23)9-22-18(24)15-8-16-14(7-12(2)25-16)21(15)10-19-22/h7-8,10-11,13H,3-6,9H2,1-2H3,(H,20,23)/t11-,13-/m0/s1. The van der Waals surface area contributed by atoms with Gasteiger partial charge in [-0.1, -0.05) is 19.8 Å². The summed E-state index contributed by atoms with van der Waals surface area (Å²) in [7, 11) is 0. The van der Waals surface area contributed by atoms with Crippen molar-refractivity contribution in [3.05, 3.63) is 33.7 Å². The van der Waals surface area contributed by atoms with E-state index >= 15 is 0 Å². The summed E-state index contributed by atoms with van der Waals surface area (Å²) in [5.41, 5.74) is 1.33. The normalized spacial score (nSPS) is 21.0. The summed E-state index contributed by atoms with van der Waals surface area (Å²) in [6.45, 7) is 4.19. The van der Waals surface area contributed by atoms with Crippen molar-refractivity contribution in [1.82, 2.24) is 19.5 Å². The lowest BCUT2D eigenvalue weighted by atomic mass is 9.86. The summed E-state index contributed by atoms with van der Waals surface area (Å²) >= 11 is 1.65. The second kappa shape index (κ2) is 6.29. The molecule has 2 atom stereocenters. The van der Waals surface area contributed by atoms with E-state index in [0.717, 1.165) is 29.5 Å². The van der Waals surface area contributed by atoms with Crippen LogP contribution < -0.4 is 10.9 Å². The second-order valence-corrected chi connectivity index (χ2v) is 8.32. The average Bonchev–Trinajstić information content (AvgIpc) is 3.09. The maximum atomic E-state index is 12.7. The zero-order valence-corrected chi connectivity index (χ0v) is 15.3. The molecular weight excluding hydrogens is 336 g/mol. The van der Waals surface area contributed by atoms with E-state index in [4.69, 9.17) is 0 Å². The molecule has 3 aromatic heterocycles. The van der Waals surface area contributed by atoms with Crippen LogP contribution in [-0.4, -0.2) is 26.1 Å². The summed E-state index contributed by atoms with van der Waals surface area (Å²) in [6, 6.07) is 4.15. The van der Waals surface area contributed by atoms with Crippen molar-refractivity contribution >= 4 is 33.0 Å². The predicted molar refractivity (Wildman–Crippen MR) is 99.1 cm³/mol. The van der Waals surface area contributed by atoms with Gasteiger partial charge in [0, 0.05) is 10.9 Å². The number of carbonyl (C=O) groups is 1. The molecule has 1 aliphatic carbocycles. The molecular formula is C18H22N4O2S. The molecule has 7 heteroatoms. The highest BCUT2D eigenvalue weighted by atomic mass is 32.1. The van der Waals surface area contributed by atoms with E-state index in [-0.39, 0.29) is 24.1 Å². The molecule has 0 aliphatic heterocycles. The highest BCUT2D eigenvalue weighted by Crippen LogP contribution is 2.27. The largest absolute Gasteiger partial charge is 0.351 e. The topological polar surface area (TPSA) is 68.4 Å². The van der Waals surface area contributed by atoms with Gasteiger partial charge < -0.3 is 5.32 Å². The Balaban J connectivity index is 1.57. The van der Waals surface area contributed by atoms with Crippen LogP contribution in [0.1, 0.15) is 37.5 Å². The Morgan fingerprint density at radius 1 is 1.32 bits per heavy atom. The molecule has 0 spiro atoms. The minimum absolute atomic E-state index is 0.0313. The Morgan fingerprint density at radius 3 is 2.92 bits per heavy atom. The fraction of sp³-hybridized carbons (Fsp3) is 0.500. The lowest BCUT2D eigenvalue weighted by molar-refractivity contribution is -0.123. The zero-order chi connectivity index (χ0) is 17.6. The Morgan fingerprint density at radius 2 is 2.12 bits per heavy atom. The van der Waals surface area contributed by atoms with E-state index in [9.17, 15) is 9.59 Å². The monoisotopic (exact) mass is 358 g/mol. The minimum atomic E-state index is -0.226. The van der Waals surface area contributed by atoms with Crippen molar-refractivity contribution < 1.29 is 4.79 Å². The van der Waals surface area contributed by atoms with Crippen LogP contribution in [0.25, 0.3) is 15.7 Å². The second-order valence-electron chi connectivity index (χ2n) is 7.04. The lowest BCUT2D eigenvalue weighted by Crippen LogP contribution is -2.43. The van der Waals surface area contributed by atoms with Crippen LogP contribution in [0.15, 0.2) is 23.3 Å². The van der Waals surface area contributed by atoms with Crippen LogP contribution in [-0.2, 0) is 11.3 Å². The van der Waals surface area contributed by atoms with Gasteiger partial charge in [0.2, 0.25) is 5.91 Å². The Bertz CT molecular complexity index is 1000.